The number of rotatable bonds is 5. The predicted octanol–water partition coefficient (Wildman–Crippen LogP) is 2.16. The molecule has 2 aromatic rings. The zero-order valence-corrected chi connectivity index (χ0v) is 16.7. The van der Waals surface area contributed by atoms with Crippen molar-refractivity contribution in [2.45, 2.75) is 32.2 Å². The highest BCUT2D eigenvalue weighted by atomic mass is 35.5. The van der Waals surface area contributed by atoms with Crippen molar-refractivity contribution < 1.29 is 4.79 Å². The number of aryl methyl sites for hydroxylation is 1. The number of halogens is 1. The van der Waals surface area contributed by atoms with Crippen molar-refractivity contribution in [3.8, 4) is 0 Å². The lowest BCUT2D eigenvalue weighted by Crippen LogP contribution is -2.40. The number of carbonyl (C=O) groups excluding carboxylic acids is 1. The minimum Gasteiger partial charge on any atom is -0.336 e. The molecule has 1 aliphatic rings. The first-order chi connectivity index (χ1) is 12.4. The van der Waals surface area contributed by atoms with Crippen LogP contribution in [0.3, 0.4) is 0 Å². The van der Waals surface area contributed by atoms with E-state index in [1.165, 1.54) is 0 Å². The van der Waals surface area contributed by atoms with E-state index in [2.05, 4.69) is 33.6 Å². The van der Waals surface area contributed by atoms with Crippen molar-refractivity contribution in [2.75, 3.05) is 33.7 Å². The average molecular weight is 379 g/mol. The molecule has 0 unspecified atom stereocenters. The maximum Gasteiger partial charge on any atom is 0.275 e. The van der Waals surface area contributed by atoms with Crippen LogP contribution in [0.25, 0.3) is 0 Å². The van der Waals surface area contributed by atoms with Gasteiger partial charge in [-0.15, -0.1) is 0 Å². The molecular formula is C18H27ClN6O. The standard InChI is InChI=1S/C18H27ClN6O/c1-13-15(19)16(21-23(13)4)18(26)25-8-5-6-14(12-25)17-20-7-9-24(17)11-10-22(2)3/h7,9,14H,5-6,8,10-12H2,1-4H3/t14-/m1/s1. The van der Waals surface area contributed by atoms with Crippen LogP contribution in [0.4, 0.5) is 0 Å². The third kappa shape index (κ3) is 3.78. The number of carbonyl (C=O) groups is 1. The molecule has 1 fully saturated rings. The average Bonchev–Trinajstić information content (AvgIpc) is 3.20. The number of likely N-dealkylation sites (tertiary alicyclic amines) is 1. The molecule has 1 aliphatic heterocycles. The molecule has 0 spiro atoms. The van der Waals surface area contributed by atoms with Crippen LogP contribution in [0.2, 0.25) is 5.02 Å². The summed E-state index contributed by atoms with van der Waals surface area (Å²) in [6.45, 7) is 5.12. The maximum absolute atomic E-state index is 12.9. The van der Waals surface area contributed by atoms with Gasteiger partial charge in [-0.05, 0) is 33.9 Å². The molecule has 0 aromatic carbocycles. The lowest BCUT2D eigenvalue weighted by molar-refractivity contribution is 0.0696. The molecule has 0 bridgehead atoms. The van der Waals surface area contributed by atoms with Gasteiger partial charge in [0.25, 0.3) is 5.91 Å². The molecule has 3 heterocycles. The second-order valence-corrected chi connectivity index (χ2v) is 7.62. The zero-order valence-electron chi connectivity index (χ0n) is 15.9. The minimum absolute atomic E-state index is 0.0882. The van der Waals surface area contributed by atoms with E-state index < -0.39 is 0 Å². The summed E-state index contributed by atoms with van der Waals surface area (Å²) in [6.07, 6.45) is 5.88. The summed E-state index contributed by atoms with van der Waals surface area (Å²) < 4.78 is 3.86. The van der Waals surface area contributed by atoms with Gasteiger partial charge in [0.15, 0.2) is 5.69 Å². The fraction of sp³-hybridized carbons (Fsp3) is 0.611. The van der Waals surface area contributed by atoms with Gasteiger partial charge in [-0.1, -0.05) is 11.6 Å². The molecule has 0 saturated carbocycles. The van der Waals surface area contributed by atoms with Crippen LogP contribution in [-0.2, 0) is 13.6 Å². The number of imidazole rings is 1. The summed E-state index contributed by atoms with van der Waals surface area (Å²) in [5.41, 5.74) is 1.16. The van der Waals surface area contributed by atoms with Gasteiger partial charge in [0.2, 0.25) is 0 Å². The molecule has 0 aliphatic carbocycles. The molecular weight excluding hydrogens is 352 g/mol. The van der Waals surface area contributed by atoms with Gasteiger partial charge in [0.05, 0.1) is 10.7 Å². The van der Waals surface area contributed by atoms with Gasteiger partial charge in [0.1, 0.15) is 5.82 Å². The van der Waals surface area contributed by atoms with Gasteiger partial charge in [0, 0.05) is 51.5 Å². The number of aromatic nitrogens is 4. The van der Waals surface area contributed by atoms with Crippen LogP contribution in [0.1, 0.15) is 40.8 Å². The molecule has 0 N–H and O–H groups in total. The summed E-state index contributed by atoms with van der Waals surface area (Å²) in [5, 5.41) is 4.76. The predicted molar refractivity (Wildman–Crippen MR) is 102 cm³/mol. The Morgan fingerprint density at radius 3 is 2.85 bits per heavy atom. The number of amides is 1. The fourth-order valence-electron chi connectivity index (χ4n) is 3.42. The van der Waals surface area contributed by atoms with E-state index in [4.69, 9.17) is 11.6 Å². The minimum atomic E-state index is -0.0882. The maximum atomic E-state index is 12.9. The third-order valence-electron chi connectivity index (χ3n) is 5.07. The first-order valence-electron chi connectivity index (χ1n) is 9.02. The van der Waals surface area contributed by atoms with Gasteiger partial charge < -0.3 is 14.4 Å². The molecule has 8 heteroatoms. The molecule has 142 valence electrons. The highest BCUT2D eigenvalue weighted by Gasteiger charge is 2.30. The van der Waals surface area contributed by atoms with Crippen LogP contribution in [0, 0.1) is 6.92 Å². The monoisotopic (exact) mass is 378 g/mol. The number of nitrogens with zero attached hydrogens (tertiary/aromatic N) is 6. The Balaban J connectivity index is 1.74. The second kappa shape index (κ2) is 7.80. The Morgan fingerprint density at radius 1 is 1.42 bits per heavy atom. The molecule has 26 heavy (non-hydrogen) atoms. The van der Waals surface area contributed by atoms with E-state index in [1.807, 2.05) is 24.2 Å². The zero-order chi connectivity index (χ0) is 18.8. The van der Waals surface area contributed by atoms with Crippen LogP contribution in [-0.4, -0.2) is 68.8 Å². The van der Waals surface area contributed by atoms with Crippen molar-refractivity contribution in [3.05, 3.63) is 34.6 Å². The van der Waals surface area contributed by atoms with E-state index in [9.17, 15) is 4.79 Å². The first kappa shape index (κ1) is 18.9. The molecule has 1 amide bonds. The lowest BCUT2D eigenvalue weighted by Gasteiger charge is -2.32. The van der Waals surface area contributed by atoms with E-state index in [1.54, 1.807) is 11.7 Å². The van der Waals surface area contributed by atoms with E-state index in [0.717, 1.165) is 44.0 Å². The molecule has 2 aromatic heterocycles. The van der Waals surface area contributed by atoms with Crippen molar-refractivity contribution in [1.29, 1.82) is 0 Å². The SMILES string of the molecule is Cc1c(Cl)c(C(=O)N2CCC[C@@H](c3nccn3CCN(C)C)C2)nn1C. The summed E-state index contributed by atoms with van der Waals surface area (Å²) in [7, 11) is 5.94. The second-order valence-electron chi connectivity index (χ2n) is 7.24. The molecule has 1 atom stereocenters. The van der Waals surface area contributed by atoms with Gasteiger partial charge in [-0.2, -0.15) is 5.10 Å². The summed E-state index contributed by atoms with van der Waals surface area (Å²) in [6, 6.07) is 0. The smallest absolute Gasteiger partial charge is 0.275 e. The van der Waals surface area contributed by atoms with Crippen LogP contribution in [0.15, 0.2) is 12.4 Å². The summed E-state index contributed by atoms with van der Waals surface area (Å²) >= 11 is 6.31. The molecule has 1 saturated heterocycles. The Morgan fingerprint density at radius 2 is 2.19 bits per heavy atom. The highest BCUT2D eigenvalue weighted by Crippen LogP contribution is 2.28. The lowest BCUT2D eigenvalue weighted by atomic mass is 9.96. The van der Waals surface area contributed by atoms with Gasteiger partial charge in [-0.3, -0.25) is 9.48 Å². The van der Waals surface area contributed by atoms with Crippen LogP contribution in [0.5, 0.6) is 0 Å². The fourth-order valence-corrected chi connectivity index (χ4v) is 3.66. The van der Waals surface area contributed by atoms with Gasteiger partial charge >= 0.3 is 0 Å². The van der Waals surface area contributed by atoms with Crippen molar-refractivity contribution in [1.82, 2.24) is 29.1 Å². The van der Waals surface area contributed by atoms with E-state index in [-0.39, 0.29) is 11.8 Å². The normalized spacial score (nSPS) is 17.9. The molecule has 0 radical (unpaired) electrons. The Hall–Kier alpha value is -1.86. The quantitative estimate of drug-likeness (QED) is 0.800. The molecule has 7 nitrogen and oxygen atoms in total. The molecule has 3 rings (SSSR count). The number of piperidine rings is 1. The first-order valence-corrected chi connectivity index (χ1v) is 9.40. The highest BCUT2D eigenvalue weighted by molar-refractivity contribution is 6.34. The van der Waals surface area contributed by atoms with Crippen LogP contribution >= 0.6 is 11.6 Å². The van der Waals surface area contributed by atoms with E-state index >= 15 is 0 Å². The third-order valence-corrected chi connectivity index (χ3v) is 5.53. The number of likely N-dealkylation sites (N-methyl/N-ethyl adjacent to an activating group) is 1. The van der Waals surface area contributed by atoms with Gasteiger partial charge in [-0.25, -0.2) is 4.98 Å². The van der Waals surface area contributed by atoms with Crippen LogP contribution < -0.4 is 0 Å². The van der Waals surface area contributed by atoms with E-state index in [0.29, 0.717) is 17.3 Å². The summed E-state index contributed by atoms with van der Waals surface area (Å²) in [4.78, 5) is 21.5. The van der Waals surface area contributed by atoms with Crippen molar-refractivity contribution >= 4 is 17.5 Å². The van der Waals surface area contributed by atoms with Crippen molar-refractivity contribution in [2.24, 2.45) is 7.05 Å². The largest absolute Gasteiger partial charge is 0.336 e. The Labute approximate surface area is 159 Å². The number of hydrogen-bond donors (Lipinski definition) is 0. The number of hydrogen-bond acceptors (Lipinski definition) is 4. The Bertz CT molecular complexity index is 781. The van der Waals surface area contributed by atoms with Crippen molar-refractivity contribution in [3.63, 3.8) is 0 Å². The Kier molecular flexibility index (Phi) is 5.67. The topological polar surface area (TPSA) is 59.2 Å². The summed E-state index contributed by atoms with van der Waals surface area (Å²) in [5.74, 6) is 1.22.